The first-order chi connectivity index (χ1) is 8.19. The van der Waals surface area contributed by atoms with Crippen molar-refractivity contribution in [3.05, 3.63) is 41.0 Å². The van der Waals surface area contributed by atoms with E-state index in [1.54, 1.807) is 30.3 Å². The number of esters is 1. The van der Waals surface area contributed by atoms with Gasteiger partial charge in [-0.3, -0.25) is 5.41 Å². The van der Waals surface area contributed by atoms with Crippen LogP contribution in [-0.4, -0.2) is 18.9 Å². The molecule has 1 aromatic rings. The zero-order valence-electron chi connectivity index (χ0n) is 9.07. The number of methoxy groups -OCH3 is 1. The molecule has 17 heavy (non-hydrogen) atoms. The molecule has 0 amide bonds. The van der Waals surface area contributed by atoms with E-state index in [-0.39, 0.29) is 11.4 Å². The van der Waals surface area contributed by atoms with Gasteiger partial charge in [0.15, 0.2) is 5.57 Å². The highest BCUT2D eigenvalue weighted by molar-refractivity contribution is 6.15. The normalized spacial score (nSPS) is 15.6. The van der Waals surface area contributed by atoms with Crippen LogP contribution in [0.15, 0.2) is 29.8 Å². The van der Waals surface area contributed by atoms with Gasteiger partial charge in [0, 0.05) is 11.1 Å². The van der Waals surface area contributed by atoms with Crippen molar-refractivity contribution in [2.75, 3.05) is 7.11 Å². The molecule has 84 valence electrons. The fraction of sp³-hybridized carbons (Fsp3) is 0.0833. The molecule has 1 aromatic carbocycles. The summed E-state index contributed by atoms with van der Waals surface area (Å²) in [4.78, 5) is 11.4. The average Bonchev–Trinajstić information content (AvgIpc) is 2.68. The minimum Gasteiger partial charge on any atom is -0.465 e. The van der Waals surface area contributed by atoms with Gasteiger partial charge in [-0.2, -0.15) is 5.26 Å². The van der Waals surface area contributed by atoms with E-state index in [0.29, 0.717) is 16.8 Å². The first-order valence-electron chi connectivity index (χ1n) is 4.87. The number of nitriles is 1. The van der Waals surface area contributed by atoms with Crippen LogP contribution in [0.3, 0.4) is 0 Å². The Labute approximate surface area is 97.8 Å². The Bertz CT molecular complexity index is 582. The van der Waals surface area contributed by atoms with Crippen LogP contribution in [0.4, 0.5) is 0 Å². The van der Waals surface area contributed by atoms with Crippen molar-refractivity contribution in [3.8, 4) is 6.07 Å². The van der Waals surface area contributed by atoms with E-state index in [1.165, 1.54) is 7.11 Å². The second-order valence-corrected chi connectivity index (χ2v) is 3.40. The molecule has 0 bridgehead atoms. The predicted molar refractivity (Wildman–Crippen MR) is 61.0 cm³/mol. The summed E-state index contributed by atoms with van der Waals surface area (Å²) in [5, 5.41) is 19.4. The van der Waals surface area contributed by atoms with Gasteiger partial charge in [-0.25, -0.2) is 4.79 Å². The van der Waals surface area contributed by atoms with Crippen LogP contribution in [0.25, 0.3) is 5.70 Å². The van der Waals surface area contributed by atoms with Crippen molar-refractivity contribution in [2.45, 2.75) is 0 Å². The van der Waals surface area contributed by atoms with Gasteiger partial charge >= 0.3 is 5.97 Å². The molecule has 2 rings (SSSR count). The minimum atomic E-state index is -0.709. The van der Waals surface area contributed by atoms with Crippen LogP contribution in [0.5, 0.6) is 0 Å². The molecule has 0 fully saturated rings. The number of rotatable bonds is 1. The standard InChI is InChI=1S/C12H9N3O2/c1-17-12(16)9(6-13)10-7-4-2-3-5-8(7)11(14)15-10/h2-5H,1H3,(H2,14,15). The summed E-state index contributed by atoms with van der Waals surface area (Å²) < 4.78 is 4.54. The molecule has 2 N–H and O–H groups in total. The van der Waals surface area contributed by atoms with Gasteiger partial charge in [0.25, 0.3) is 0 Å². The summed E-state index contributed by atoms with van der Waals surface area (Å²) in [6, 6.07) is 8.88. The van der Waals surface area contributed by atoms with E-state index in [2.05, 4.69) is 10.1 Å². The Balaban J connectivity index is 2.64. The summed E-state index contributed by atoms with van der Waals surface area (Å²) in [7, 11) is 1.21. The smallest absolute Gasteiger partial charge is 0.350 e. The molecule has 1 aliphatic heterocycles. The minimum absolute atomic E-state index is 0.123. The molecule has 1 aliphatic rings. The number of carbonyl (C=O) groups is 1. The largest absolute Gasteiger partial charge is 0.465 e. The Morgan fingerprint density at radius 2 is 2.06 bits per heavy atom. The Morgan fingerprint density at radius 3 is 2.65 bits per heavy atom. The molecule has 0 aliphatic carbocycles. The second kappa shape index (κ2) is 4.10. The maximum absolute atomic E-state index is 11.4. The number of amidine groups is 1. The Kier molecular flexibility index (Phi) is 2.63. The van der Waals surface area contributed by atoms with Crippen LogP contribution in [0.2, 0.25) is 0 Å². The fourth-order valence-corrected chi connectivity index (χ4v) is 1.68. The highest BCUT2D eigenvalue weighted by atomic mass is 16.5. The number of hydrogen-bond acceptors (Lipinski definition) is 4. The zero-order chi connectivity index (χ0) is 12.4. The Hall–Kier alpha value is -2.61. The van der Waals surface area contributed by atoms with Crippen molar-refractivity contribution in [3.63, 3.8) is 0 Å². The lowest BCUT2D eigenvalue weighted by Gasteiger charge is -2.03. The van der Waals surface area contributed by atoms with E-state index in [1.807, 2.05) is 0 Å². The van der Waals surface area contributed by atoms with Gasteiger partial charge in [-0.1, -0.05) is 24.3 Å². The Morgan fingerprint density at radius 1 is 1.41 bits per heavy atom. The first kappa shape index (κ1) is 10.9. The number of fused-ring (bicyclic) bond motifs is 1. The summed E-state index contributed by atoms with van der Waals surface area (Å²) in [5.74, 6) is -0.535. The fourth-order valence-electron chi connectivity index (χ4n) is 1.68. The van der Waals surface area contributed by atoms with E-state index in [4.69, 9.17) is 10.7 Å². The maximum atomic E-state index is 11.4. The van der Waals surface area contributed by atoms with E-state index in [0.717, 1.165) is 0 Å². The first-order valence-corrected chi connectivity index (χ1v) is 4.87. The van der Waals surface area contributed by atoms with Gasteiger partial charge in [0.05, 0.1) is 12.8 Å². The van der Waals surface area contributed by atoms with Gasteiger partial charge in [-0.05, 0) is 0 Å². The lowest BCUT2D eigenvalue weighted by molar-refractivity contribution is -0.135. The average molecular weight is 227 g/mol. The molecule has 0 atom stereocenters. The molecule has 0 unspecified atom stereocenters. The highest BCUT2D eigenvalue weighted by Gasteiger charge is 2.26. The van der Waals surface area contributed by atoms with Crippen LogP contribution < -0.4 is 5.32 Å². The lowest BCUT2D eigenvalue weighted by atomic mass is 10.1. The number of ether oxygens (including phenoxy) is 1. The number of nitrogens with one attached hydrogen (secondary N) is 2. The van der Waals surface area contributed by atoms with E-state index in [9.17, 15) is 4.79 Å². The van der Waals surface area contributed by atoms with Crippen molar-refractivity contribution in [2.24, 2.45) is 0 Å². The van der Waals surface area contributed by atoms with Crippen molar-refractivity contribution < 1.29 is 9.53 Å². The molecule has 0 radical (unpaired) electrons. The topological polar surface area (TPSA) is 86.0 Å². The van der Waals surface area contributed by atoms with E-state index >= 15 is 0 Å². The summed E-state index contributed by atoms with van der Waals surface area (Å²) in [6.07, 6.45) is 0. The van der Waals surface area contributed by atoms with Crippen LogP contribution in [0.1, 0.15) is 11.1 Å². The second-order valence-electron chi connectivity index (χ2n) is 3.40. The number of carbonyl (C=O) groups excluding carboxylic acids is 1. The SMILES string of the molecule is COC(=O)C(C#N)=C1NC(=N)c2ccccc21. The molecule has 5 nitrogen and oxygen atoms in total. The van der Waals surface area contributed by atoms with Gasteiger partial charge in [0.1, 0.15) is 11.9 Å². The summed E-state index contributed by atoms with van der Waals surface area (Å²) in [5.41, 5.74) is 1.54. The monoisotopic (exact) mass is 227 g/mol. The molecule has 0 aromatic heterocycles. The highest BCUT2D eigenvalue weighted by Crippen LogP contribution is 2.26. The molecular weight excluding hydrogens is 218 g/mol. The molecule has 1 heterocycles. The molecule has 5 heteroatoms. The number of benzene rings is 1. The third kappa shape index (κ3) is 1.66. The van der Waals surface area contributed by atoms with Crippen LogP contribution in [0, 0.1) is 16.7 Å². The van der Waals surface area contributed by atoms with Crippen LogP contribution in [-0.2, 0) is 9.53 Å². The summed E-state index contributed by atoms with van der Waals surface area (Å²) >= 11 is 0. The lowest BCUT2D eigenvalue weighted by Crippen LogP contribution is -2.16. The molecule has 0 saturated heterocycles. The number of hydrogen-bond donors (Lipinski definition) is 2. The van der Waals surface area contributed by atoms with Crippen molar-refractivity contribution >= 4 is 17.5 Å². The van der Waals surface area contributed by atoms with Gasteiger partial charge < -0.3 is 10.1 Å². The molecule has 0 saturated carbocycles. The quantitative estimate of drug-likeness (QED) is 0.426. The zero-order valence-corrected chi connectivity index (χ0v) is 9.07. The third-order valence-electron chi connectivity index (χ3n) is 2.47. The van der Waals surface area contributed by atoms with Gasteiger partial charge in [-0.15, -0.1) is 0 Å². The van der Waals surface area contributed by atoms with Gasteiger partial charge in [0.2, 0.25) is 0 Å². The number of nitrogens with zero attached hydrogens (tertiary/aromatic N) is 1. The predicted octanol–water partition coefficient (Wildman–Crippen LogP) is 1.02. The summed E-state index contributed by atoms with van der Waals surface area (Å²) in [6.45, 7) is 0. The molecular formula is C12H9N3O2. The van der Waals surface area contributed by atoms with E-state index < -0.39 is 5.97 Å². The third-order valence-corrected chi connectivity index (χ3v) is 2.47. The molecule has 0 spiro atoms. The van der Waals surface area contributed by atoms with Crippen molar-refractivity contribution in [1.82, 2.24) is 5.32 Å². The maximum Gasteiger partial charge on any atom is 0.350 e. The van der Waals surface area contributed by atoms with Crippen LogP contribution >= 0.6 is 0 Å². The van der Waals surface area contributed by atoms with Crippen molar-refractivity contribution in [1.29, 1.82) is 10.7 Å².